The van der Waals surface area contributed by atoms with E-state index in [4.69, 9.17) is 19.0 Å². The van der Waals surface area contributed by atoms with Crippen molar-refractivity contribution in [1.29, 1.82) is 0 Å². The van der Waals surface area contributed by atoms with Crippen molar-refractivity contribution in [2.75, 3.05) is 58.9 Å². The molecule has 4 aromatic rings. The van der Waals surface area contributed by atoms with Gasteiger partial charge < -0.3 is 54.4 Å². The predicted octanol–water partition coefficient (Wildman–Crippen LogP) is 2.70. The van der Waals surface area contributed by atoms with Crippen LogP contribution in [0.15, 0.2) is 35.3 Å². The second kappa shape index (κ2) is 19.5. The monoisotopic (exact) mass is 869 g/mol. The van der Waals surface area contributed by atoms with Gasteiger partial charge in [-0.05, 0) is 19.1 Å². The molecule has 18 nitrogen and oxygen atoms in total. The zero-order valence-corrected chi connectivity index (χ0v) is 35.1. The Labute approximate surface area is 352 Å². The standard InChI is InChI=1S/C40H47N5O13S2/c1-22-23(2)35(51)33(24(3)34(22)50)40(4,5)20-31(48)43(6)12-13-44(14-16-56-18-17-55-15-11-32(49)58-45-29(46)9-10-30(45)47)39(54)57-25-7-8-26-28(19-25)60-37(41-26)36-42-27(21-59-36)38(52)53/h7-10,19,27,46-47,50-51H,2-3,11-18,20-21H2,1,4-6H3,(H,52,53)/t27-/m1/s1. The van der Waals surface area contributed by atoms with Gasteiger partial charge >= 0.3 is 18.0 Å². The van der Waals surface area contributed by atoms with Crippen molar-refractivity contribution in [3.05, 3.63) is 56.9 Å². The molecule has 0 bridgehead atoms. The summed E-state index contributed by atoms with van der Waals surface area (Å²) in [6.07, 6.45) is -0.957. The van der Waals surface area contributed by atoms with Gasteiger partial charge in [0.2, 0.25) is 17.7 Å². The zero-order valence-electron chi connectivity index (χ0n) is 33.5. The number of phenolic OH excluding ortho intramolecular Hbond substituents is 2. The van der Waals surface area contributed by atoms with Gasteiger partial charge in [0, 0.05) is 84.0 Å². The van der Waals surface area contributed by atoms with Gasteiger partial charge in [-0.1, -0.05) is 27.0 Å². The SMILES string of the molecule is C=c1c(C)c(O)c(=C)c(C(C)(C)CC(=O)N(C)CCN(CCOCCOCCC(=O)On2c(O)ccc2O)C(=O)Oc2ccc3nc(C4=N[C@@H](C(=O)O)CS4)sc3c2)c1O. The van der Waals surface area contributed by atoms with E-state index in [2.05, 4.69) is 23.1 Å². The number of benzene rings is 2. The first-order chi connectivity index (χ1) is 28.4. The van der Waals surface area contributed by atoms with Crippen LogP contribution in [-0.4, -0.2) is 139 Å². The van der Waals surface area contributed by atoms with Crippen LogP contribution in [0.2, 0.25) is 0 Å². The molecule has 20 heteroatoms. The summed E-state index contributed by atoms with van der Waals surface area (Å²) in [5.41, 5.74) is 0.371. The van der Waals surface area contributed by atoms with Gasteiger partial charge in [-0.2, -0.15) is 0 Å². The van der Waals surface area contributed by atoms with Crippen LogP contribution >= 0.6 is 23.1 Å². The number of phenols is 2. The summed E-state index contributed by atoms with van der Waals surface area (Å²) in [5.74, 6) is -2.65. The van der Waals surface area contributed by atoms with E-state index in [0.29, 0.717) is 41.9 Å². The van der Waals surface area contributed by atoms with E-state index in [1.807, 2.05) is 0 Å². The quantitative estimate of drug-likeness (QED) is 0.0672. The molecule has 0 saturated heterocycles. The number of carbonyl (C=O) groups excluding carboxylic acids is 3. The third kappa shape index (κ3) is 10.9. The third-order valence-electron chi connectivity index (χ3n) is 9.58. The minimum atomic E-state index is -1.01. The molecule has 1 aliphatic rings. The fraction of sp³-hybridized carbons (Fsp3) is 0.400. The number of thioether (sulfide) groups is 1. The summed E-state index contributed by atoms with van der Waals surface area (Å²) < 4.78 is 18.2. The van der Waals surface area contributed by atoms with Gasteiger partial charge in [0.15, 0.2) is 6.04 Å². The summed E-state index contributed by atoms with van der Waals surface area (Å²) in [7, 11) is 1.58. The first-order valence-corrected chi connectivity index (χ1v) is 20.4. The van der Waals surface area contributed by atoms with E-state index in [1.165, 1.54) is 32.9 Å². The number of likely N-dealkylation sites (N-methyl/N-ethyl adjacent to an activating group) is 1. The molecule has 1 atom stereocenters. The number of nitrogens with zero attached hydrogens (tertiary/aromatic N) is 5. The first-order valence-electron chi connectivity index (χ1n) is 18.6. The molecule has 5 rings (SSSR count). The molecule has 2 aromatic heterocycles. The fourth-order valence-electron chi connectivity index (χ4n) is 6.12. The van der Waals surface area contributed by atoms with Crippen molar-refractivity contribution in [2.45, 2.75) is 45.1 Å². The fourth-order valence-corrected chi connectivity index (χ4v) is 8.21. The number of aromatic hydroxyl groups is 4. The van der Waals surface area contributed by atoms with Gasteiger partial charge in [0.1, 0.15) is 27.3 Å². The van der Waals surface area contributed by atoms with Crippen molar-refractivity contribution < 1.29 is 63.8 Å². The molecular weight excluding hydrogens is 823 g/mol. The maximum atomic E-state index is 13.6. The lowest BCUT2D eigenvalue weighted by molar-refractivity contribution is -0.146. The summed E-state index contributed by atoms with van der Waals surface area (Å²) >= 11 is 2.60. The number of carbonyl (C=O) groups is 4. The van der Waals surface area contributed by atoms with Crippen LogP contribution in [0.25, 0.3) is 23.4 Å². The summed E-state index contributed by atoms with van der Waals surface area (Å²) in [4.78, 5) is 67.1. The van der Waals surface area contributed by atoms with Crippen LogP contribution in [0.5, 0.6) is 29.0 Å². The molecule has 322 valence electrons. The number of aliphatic imine (C=N–C) groups is 1. The van der Waals surface area contributed by atoms with Gasteiger partial charge in [-0.15, -0.1) is 27.8 Å². The minimum Gasteiger partial charge on any atom is -0.507 e. The van der Waals surface area contributed by atoms with E-state index >= 15 is 0 Å². The molecule has 0 aliphatic carbocycles. The van der Waals surface area contributed by atoms with Crippen molar-refractivity contribution in [2.24, 2.45) is 4.99 Å². The number of amides is 2. The first kappa shape index (κ1) is 45.3. The normalized spacial score (nSPS) is 13.9. The van der Waals surface area contributed by atoms with Crippen molar-refractivity contribution in [3.8, 4) is 29.0 Å². The Balaban J connectivity index is 1.19. The Hall–Kier alpha value is -5.83. The summed E-state index contributed by atoms with van der Waals surface area (Å²) in [6, 6.07) is 6.40. The molecule has 2 amide bonds. The Kier molecular flexibility index (Phi) is 14.7. The molecule has 0 fully saturated rings. The Bertz CT molecular complexity index is 2380. The van der Waals surface area contributed by atoms with Gasteiger partial charge in [-0.3, -0.25) is 9.79 Å². The minimum absolute atomic E-state index is 0.0285. The molecule has 0 unspecified atom stereocenters. The smallest absolute Gasteiger partial charge is 0.415 e. The highest BCUT2D eigenvalue weighted by atomic mass is 32.2. The van der Waals surface area contributed by atoms with E-state index in [-0.39, 0.29) is 92.5 Å². The number of carboxylic acid groups (broad SMARTS) is 1. The molecular formula is C40H47N5O13S2. The number of rotatable bonds is 19. The number of aliphatic carboxylic acids is 1. The van der Waals surface area contributed by atoms with Gasteiger partial charge in [0.05, 0.1) is 43.1 Å². The van der Waals surface area contributed by atoms with Crippen LogP contribution in [0.4, 0.5) is 4.79 Å². The third-order valence-corrected chi connectivity index (χ3v) is 11.8. The molecule has 60 heavy (non-hydrogen) atoms. The zero-order chi connectivity index (χ0) is 43.9. The van der Waals surface area contributed by atoms with Crippen LogP contribution in [-0.2, 0) is 29.3 Å². The number of thiazole rings is 1. The van der Waals surface area contributed by atoms with Crippen LogP contribution in [0.3, 0.4) is 0 Å². The van der Waals surface area contributed by atoms with Crippen molar-refractivity contribution in [1.82, 2.24) is 19.5 Å². The number of carboxylic acids is 1. The van der Waals surface area contributed by atoms with E-state index in [0.717, 1.165) is 12.1 Å². The van der Waals surface area contributed by atoms with Gasteiger partial charge in [0.25, 0.3) is 0 Å². The van der Waals surface area contributed by atoms with Crippen LogP contribution in [0.1, 0.15) is 42.8 Å². The highest BCUT2D eigenvalue weighted by molar-refractivity contribution is 8.15. The number of ether oxygens (including phenoxy) is 3. The Morgan fingerprint density at radius 1 is 0.933 bits per heavy atom. The maximum Gasteiger partial charge on any atom is 0.415 e. The van der Waals surface area contributed by atoms with E-state index < -0.39 is 41.2 Å². The molecule has 5 N–H and O–H groups in total. The molecule has 2 aromatic carbocycles. The highest BCUT2D eigenvalue weighted by Crippen LogP contribution is 2.33. The van der Waals surface area contributed by atoms with Crippen LogP contribution in [0, 0.1) is 6.92 Å². The van der Waals surface area contributed by atoms with E-state index in [1.54, 1.807) is 46.0 Å². The second-order valence-corrected chi connectivity index (χ2v) is 16.5. The second-order valence-electron chi connectivity index (χ2n) is 14.4. The Morgan fingerprint density at radius 2 is 1.62 bits per heavy atom. The maximum absolute atomic E-state index is 13.6. The van der Waals surface area contributed by atoms with Crippen molar-refractivity contribution >= 4 is 75.5 Å². The number of hydrogen-bond donors (Lipinski definition) is 5. The predicted molar refractivity (Wildman–Crippen MR) is 223 cm³/mol. The van der Waals surface area contributed by atoms with E-state index in [9.17, 15) is 44.7 Å². The number of hydrogen-bond acceptors (Lipinski definition) is 16. The molecule has 0 radical (unpaired) electrons. The number of fused-ring (bicyclic) bond motifs is 1. The van der Waals surface area contributed by atoms with Crippen molar-refractivity contribution in [3.63, 3.8) is 0 Å². The lowest BCUT2D eigenvalue weighted by Crippen LogP contribution is -2.43. The largest absolute Gasteiger partial charge is 0.507 e. The molecule has 3 heterocycles. The average molecular weight is 870 g/mol. The lowest BCUT2D eigenvalue weighted by Gasteiger charge is -2.30. The Morgan fingerprint density at radius 3 is 2.28 bits per heavy atom. The number of aromatic nitrogens is 2. The molecule has 1 aliphatic heterocycles. The summed E-state index contributed by atoms with van der Waals surface area (Å²) in [5, 5.41) is 51.6. The van der Waals surface area contributed by atoms with Crippen LogP contribution < -0.4 is 20.0 Å². The molecule has 0 spiro atoms. The van der Waals surface area contributed by atoms with Gasteiger partial charge in [-0.25, -0.2) is 19.4 Å². The highest BCUT2D eigenvalue weighted by Gasteiger charge is 2.32. The average Bonchev–Trinajstić information content (AvgIpc) is 3.94. The molecule has 0 saturated carbocycles. The summed E-state index contributed by atoms with van der Waals surface area (Å²) in [6.45, 7) is 13.4. The lowest BCUT2D eigenvalue weighted by atomic mass is 9.78. The topological polar surface area (TPSA) is 243 Å².